The normalized spacial score (nSPS) is 10.1. The van der Waals surface area contributed by atoms with Crippen molar-refractivity contribution in [2.24, 2.45) is 0 Å². The molecule has 0 fully saturated rings. The van der Waals surface area contributed by atoms with Gasteiger partial charge in [0.05, 0.1) is 24.9 Å². The lowest BCUT2D eigenvalue weighted by atomic mass is 10.2. The molecule has 0 unspecified atom stereocenters. The molecule has 2 amide bonds. The first-order valence-electron chi connectivity index (χ1n) is 7.08. The molecule has 1 aromatic carbocycles. The molecule has 0 aliphatic heterocycles. The molecule has 0 heterocycles. The van der Waals surface area contributed by atoms with E-state index in [-0.39, 0.29) is 6.03 Å². The van der Waals surface area contributed by atoms with E-state index in [1.54, 1.807) is 12.1 Å². The van der Waals surface area contributed by atoms with Gasteiger partial charge in [0.15, 0.2) is 0 Å². The number of hydrogen-bond acceptors (Lipinski definition) is 3. The van der Waals surface area contributed by atoms with Crippen LogP contribution in [-0.2, 0) is 0 Å². The Bertz CT molecular complexity index is 466. The maximum atomic E-state index is 11.8. The van der Waals surface area contributed by atoms with Crippen molar-refractivity contribution in [3.05, 3.63) is 17.2 Å². The average molecular weight is 315 g/mol. The summed E-state index contributed by atoms with van der Waals surface area (Å²) in [5, 5.41) is 5.99. The zero-order valence-electron chi connectivity index (χ0n) is 12.8. The number of urea groups is 1. The summed E-state index contributed by atoms with van der Waals surface area (Å²) in [5.41, 5.74) is 0.518. The molecule has 0 aliphatic rings. The van der Waals surface area contributed by atoms with Crippen molar-refractivity contribution in [1.29, 1.82) is 0 Å². The van der Waals surface area contributed by atoms with E-state index >= 15 is 0 Å². The maximum absolute atomic E-state index is 11.8. The zero-order valence-corrected chi connectivity index (χ0v) is 13.5. The minimum Gasteiger partial charge on any atom is -0.495 e. The fraction of sp³-hybridized carbons (Fsp3) is 0.533. The molecule has 0 saturated heterocycles. The Morgan fingerprint density at radius 1 is 1.14 bits per heavy atom. The Morgan fingerprint density at radius 3 is 2.48 bits per heavy atom. The number of methoxy groups -OCH3 is 2. The van der Waals surface area contributed by atoms with Crippen LogP contribution in [-0.4, -0.2) is 26.8 Å². The second-order valence-corrected chi connectivity index (χ2v) is 5.04. The van der Waals surface area contributed by atoms with Crippen molar-refractivity contribution >= 4 is 23.3 Å². The highest BCUT2D eigenvalue weighted by Crippen LogP contribution is 2.35. The number of hydrogen-bond donors (Lipinski definition) is 2. The van der Waals surface area contributed by atoms with E-state index in [0.717, 1.165) is 12.8 Å². The largest absolute Gasteiger partial charge is 0.495 e. The number of ether oxygens (including phenoxy) is 2. The van der Waals surface area contributed by atoms with Gasteiger partial charge in [0.2, 0.25) is 0 Å². The van der Waals surface area contributed by atoms with Crippen LogP contribution in [0.2, 0.25) is 5.02 Å². The van der Waals surface area contributed by atoms with Crippen molar-refractivity contribution in [1.82, 2.24) is 5.32 Å². The SMILES string of the molecule is CCCCCCNC(=O)Nc1cc(OC)c(Cl)cc1OC. The average Bonchev–Trinajstić information content (AvgIpc) is 2.48. The minimum absolute atomic E-state index is 0.269. The molecule has 6 heteroatoms. The predicted octanol–water partition coefficient (Wildman–Crippen LogP) is 4.06. The molecule has 0 spiro atoms. The first-order chi connectivity index (χ1) is 10.1. The molecule has 1 rings (SSSR count). The highest BCUT2D eigenvalue weighted by molar-refractivity contribution is 6.32. The lowest BCUT2D eigenvalue weighted by Crippen LogP contribution is -2.29. The predicted molar refractivity (Wildman–Crippen MR) is 85.7 cm³/mol. The summed E-state index contributed by atoms with van der Waals surface area (Å²) in [5.74, 6) is 0.970. The summed E-state index contributed by atoms with van der Waals surface area (Å²) in [7, 11) is 3.04. The molecule has 5 nitrogen and oxygen atoms in total. The molecule has 0 radical (unpaired) electrons. The van der Waals surface area contributed by atoms with Crippen molar-refractivity contribution in [3.8, 4) is 11.5 Å². The molecule has 21 heavy (non-hydrogen) atoms. The van der Waals surface area contributed by atoms with E-state index in [2.05, 4.69) is 17.6 Å². The second kappa shape index (κ2) is 9.34. The van der Waals surface area contributed by atoms with Crippen LogP contribution in [0.5, 0.6) is 11.5 Å². The Kier molecular flexibility index (Phi) is 7.75. The third-order valence-corrected chi connectivity index (χ3v) is 3.33. The van der Waals surface area contributed by atoms with Gasteiger partial charge >= 0.3 is 6.03 Å². The van der Waals surface area contributed by atoms with E-state index in [0.29, 0.717) is 28.8 Å². The van der Waals surface area contributed by atoms with Gasteiger partial charge in [-0.15, -0.1) is 0 Å². The van der Waals surface area contributed by atoms with Gasteiger partial charge in [-0.2, -0.15) is 0 Å². The first-order valence-corrected chi connectivity index (χ1v) is 7.46. The quantitative estimate of drug-likeness (QED) is 0.711. The van der Waals surface area contributed by atoms with E-state index in [1.807, 2.05) is 0 Å². The highest BCUT2D eigenvalue weighted by atomic mass is 35.5. The first kappa shape index (κ1) is 17.4. The lowest BCUT2D eigenvalue weighted by molar-refractivity contribution is 0.251. The van der Waals surface area contributed by atoms with E-state index in [9.17, 15) is 4.79 Å². The van der Waals surface area contributed by atoms with Crippen molar-refractivity contribution in [2.75, 3.05) is 26.1 Å². The number of carbonyl (C=O) groups excluding carboxylic acids is 1. The zero-order chi connectivity index (χ0) is 15.7. The smallest absolute Gasteiger partial charge is 0.319 e. The lowest BCUT2D eigenvalue weighted by Gasteiger charge is -2.13. The summed E-state index contributed by atoms with van der Waals surface area (Å²) in [6.45, 7) is 2.80. The van der Waals surface area contributed by atoms with E-state index in [4.69, 9.17) is 21.1 Å². The number of rotatable bonds is 8. The fourth-order valence-electron chi connectivity index (χ4n) is 1.88. The number of amides is 2. The van der Waals surface area contributed by atoms with Crippen LogP contribution in [0.25, 0.3) is 0 Å². The third-order valence-electron chi connectivity index (χ3n) is 3.04. The van der Waals surface area contributed by atoms with E-state index in [1.165, 1.54) is 27.1 Å². The van der Waals surface area contributed by atoms with Crippen LogP contribution in [0.4, 0.5) is 10.5 Å². The van der Waals surface area contributed by atoms with Gasteiger partial charge in [0.1, 0.15) is 11.5 Å². The summed E-state index contributed by atoms with van der Waals surface area (Å²) in [6.07, 6.45) is 4.46. The van der Waals surface area contributed by atoms with Gasteiger partial charge in [-0.1, -0.05) is 37.8 Å². The van der Waals surface area contributed by atoms with Crippen LogP contribution >= 0.6 is 11.6 Å². The molecule has 0 atom stereocenters. The molecule has 118 valence electrons. The molecular formula is C15H23ClN2O3. The van der Waals surface area contributed by atoms with Crippen molar-refractivity contribution in [2.45, 2.75) is 32.6 Å². The number of anilines is 1. The molecule has 0 aliphatic carbocycles. The standard InChI is InChI=1S/C15H23ClN2O3/c1-4-5-6-7-8-17-15(19)18-12-10-13(20-2)11(16)9-14(12)21-3/h9-10H,4-8H2,1-3H3,(H2,17,18,19). The number of halogens is 1. The fourth-order valence-corrected chi connectivity index (χ4v) is 2.11. The molecule has 0 bridgehead atoms. The molecular weight excluding hydrogens is 292 g/mol. The number of nitrogens with one attached hydrogen (secondary N) is 2. The molecule has 1 aromatic rings. The van der Waals surface area contributed by atoms with Gasteiger partial charge in [0.25, 0.3) is 0 Å². The van der Waals surface area contributed by atoms with Crippen molar-refractivity contribution < 1.29 is 14.3 Å². The third kappa shape index (κ3) is 5.71. The van der Waals surface area contributed by atoms with Gasteiger partial charge in [-0.05, 0) is 6.42 Å². The van der Waals surface area contributed by atoms with Crippen LogP contribution in [0.1, 0.15) is 32.6 Å². The van der Waals surface area contributed by atoms with Crippen LogP contribution in [0.15, 0.2) is 12.1 Å². The Morgan fingerprint density at radius 2 is 1.86 bits per heavy atom. The summed E-state index contributed by atoms with van der Waals surface area (Å²) >= 11 is 6.02. The van der Waals surface area contributed by atoms with Gasteiger partial charge in [-0.25, -0.2) is 4.79 Å². The van der Waals surface area contributed by atoms with Gasteiger partial charge < -0.3 is 20.1 Å². The van der Waals surface area contributed by atoms with Gasteiger partial charge in [-0.3, -0.25) is 0 Å². The summed E-state index contributed by atoms with van der Waals surface area (Å²) < 4.78 is 10.3. The highest BCUT2D eigenvalue weighted by Gasteiger charge is 2.12. The topological polar surface area (TPSA) is 59.6 Å². The van der Waals surface area contributed by atoms with Crippen molar-refractivity contribution in [3.63, 3.8) is 0 Å². The number of unbranched alkanes of at least 4 members (excludes halogenated alkanes) is 3. The van der Waals surface area contributed by atoms with Gasteiger partial charge in [0, 0.05) is 18.7 Å². The molecule has 2 N–H and O–H groups in total. The maximum Gasteiger partial charge on any atom is 0.319 e. The van der Waals surface area contributed by atoms with Crippen LogP contribution in [0.3, 0.4) is 0 Å². The monoisotopic (exact) mass is 314 g/mol. The second-order valence-electron chi connectivity index (χ2n) is 4.63. The Balaban J connectivity index is 2.58. The Labute approximate surface area is 131 Å². The molecule has 0 aromatic heterocycles. The Hall–Kier alpha value is -1.62. The summed E-state index contributed by atoms with van der Waals surface area (Å²) in [4.78, 5) is 11.8. The van der Waals surface area contributed by atoms with E-state index < -0.39 is 0 Å². The van der Waals surface area contributed by atoms with Crippen LogP contribution < -0.4 is 20.1 Å². The summed E-state index contributed by atoms with van der Waals surface area (Å²) in [6, 6.07) is 2.98. The minimum atomic E-state index is -0.269. The van der Waals surface area contributed by atoms with Crippen LogP contribution in [0, 0.1) is 0 Å². The number of carbonyl (C=O) groups is 1. The molecule has 0 saturated carbocycles. The number of benzene rings is 1.